The largest absolute Gasteiger partial charge is 0.330 e. The van der Waals surface area contributed by atoms with Crippen LogP contribution in [0.2, 0.25) is 0 Å². The first-order valence-corrected chi connectivity index (χ1v) is 6.51. The van der Waals surface area contributed by atoms with E-state index in [9.17, 15) is 0 Å². The predicted molar refractivity (Wildman–Crippen MR) is 69.0 cm³/mol. The number of nitrogens with zero attached hydrogens (tertiary/aromatic N) is 3. The Morgan fingerprint density at radius 3 is 2.53 bits per heavy atom. The summed E-state index contributed by atoms with van der Waals surface area (Å²) < 4.78 is 2.10. The summed E-state index contributed by atoms with van der Waals surface area (Å²) >= 11 is 0. The van der Waals surface area contributed by atoms with Gasteiger partial charge < -0.3 is 5.73 Å². The van der Waals surface area contributed by atoms with Crippen molar-refractivity contribution in [1.29, 1.82) is 0 Å². The minimum atomic E-state index is 0.00640. The van der Waals surface area contributed by atoms with E-state index in [0.717, 1.165) is 18.1 Å². The number of hydrogen-bond donors (Lipinski definition) is 1. The summed E-state index contributed by atoms with van der Waals surface area (Å²) in [6, 6.07) is 0.436. The molecule has 96 valence electrons. The van der Waals surface area contributed by atoms with Gasteiger partial charge in [-0.3, -0.25) is 0 Å². The van der Waals surface area contributed by atoms with E-state index in [0.29, 0.717) is 24.4 Å². The van der Waals surface area contributed by atoms with Crippen LogP contribution in [0.3, 0.4) is 0 Å². The van der Waals surface area contributed by atoms with Crippen LogP contribution in [0.15, 0.2) is 0 Å². The molecule has 1 aliphatic heterocycles. The smallest absolute Gasteiger partial charge is 0.156 e. The fourth-order valence-electron chi connectivity index (χ4n) is 2.62. The van der Waals surface area contributed by atoms with Gasteiger partial charge in [0.2, 0.25) is 0 Å². The van der Waals surface area contributed by atoms with E-state index in [1.165, 1.54) is 0 Å². The maximum Gasteiger partial charge on any atom is 0.156 e. The van der Waals surface area contributed by atoms with Crippen molar-refractivity contribution in [3.8, 4) is 0 Å². The van der Waals surface area contributed by atoms with Crippen LogP contribution in [-0.4, -0.2) is 21.3 Å². The topological polar surface area (TPSA) is 56.7 Å². The van der Waals surface area contributed by atoms with Gasteiger partial charge in [-0.1, -0.05) is 27.7 Å². The molecule has 0 spiro atoms. The molecule has 3 unspecified atom stereocenters. The van der Waals surface area contributed by atoms with Crippen LogP contribution in [-0.2, 0) is 5.41 Å². The highest BCUT2D eigenvalue weighted by Crippen LogP contribution is 2.36. The molecule has 0 aromatic carbocycles. The Morgan fingerprint density at radius 2 is 2.00 bits per heavy atom. The Labute approximate surface area is 104 Å². The lowest BCUT2D eigenvalue weighted by Crippen LogP contribution is -2.31. The lowest BCUT2D eigenvalue weighted by molar-refractivity contribution is 0.271. The summed E-state index contributed by atoms with van der Waals surface area (Å²) in [5.41, 5.74) is 5.90. The normalized spacial score (nSPS) is 29.2. The zero-order valence-corrected chi connectivity index (χ0v) is 11.6. The first-order valence-electron chi connectivity index (χ1n) is 6.51. The average molecular weight is 236 g/mol. The third-order valence-electron chi connectivity index (χ3n) is 3.73. The molecule has 2 N–H and O–H groups in total. The molecule has 0 fully saturated rings. The van der Waals surface area contributed by atoms with Crippen molar-refractivity contribution >= 4 is 0 Å². The third kappa shape index (κ3) is 2.10. The third-order valence-corrected chi connectivity index (χ3v) is 3.73. The molecule has 1 aliphatic rings. The van der Waals surface area contributed by atoms with Gasteiger partial charge in [0.25, 0.3) is 0 Å². The van der Waals surface area contributed by atoms with Gasteiger partial charge in [0.1, 0.15) is 5.82 Å². The lowest BCUT2D eigenvalue weighted by atomic mass is 9.85. The molecule has 0 aliphatic carbocycles. The average Bonchev–Trinajstić information content (AvgIpc) is 2.62. The summed E-state index contributed by atoms with van der Waals surface area (Å²) in [4.78, 5) is 4.75. The number of nitrogens with two attached hydrogens (primary N) is 1. The predicted octanol–water partition coefficient (Wildman–Crippen LogP) is 2.22. The Hall–Kier alpha value is -0.900. The Bertz CT molecular complexity index is 402. The van der Waals surface area contributed by atoms with Crippen LogP contribution in [0.4, 0.5) is 0 Å². The molecule has 2 rings (SSSR count). The van der Waals surface area contributed by atoms with Crippen molar-refractivity contribution in [3.63, 3.8) is 0 Å². The van der Waals surface area contributed by atoms with Crippen molar-refractivity contribution in [2.24, 2.45) is 11.7 Å². The molecule has 0 amide bonds. The minimum Gasteiger partial charge on any atom is -0.330 e. The van der Waals surface area contributed by atoms with Gasteiger partial charge in [0, 0.05) is 17.9 Å². The maximum absolute atomic E-state index is 5.89. The van der Waals surface area contributed by atoms with E-state index in [2.05, 4.69) is 44.4 Å². The first kappa shape index (κ1) is 12.6. The zero-order valence-electron chi connectivity index (χ0n) is 11.6. The molecule has 0 radical (unpaired) electrons. The standard InChI is InChI=1S/C13H24N4/c1-8-6-9(2)17-11(10(8)7-14)15-12(16-17)13(3,4)5/h8-10H,6-7,14H2,1-5H3. The van der Waals surface area contributed by atoms with E-state index < -0.39 is 0 Å². The molecule has 0 saturated carbocycles. The molecule has 2 heterocycles. The van der Waals surface area contributed by atoms with Gasteiger partial charge in [0.15, 0.2) is 5.82 Å². The maximum atomic E-state index is 5.89. The first-order chi connectivity index (χ1) is 7.84. The molecule has 1 aromatic rings. The Balaban J connectivity index is 2.47. The molecule has 17 heavy (non-hydrogen) atoms. The van der Waals surface area contributed by atoms with Gasteiger partial charge in [-0.25, -0.2) is 9.67 Å². The summed E-state index contributed by atoms with van der Waals surface area (Å²) in [5.74, 6) is 2.98. The van der Waals surface area contributed by atoms with Gasteiger partial charge in [-0.2, -0.15) is 5.10 Å². The van der Waals surface area contributed by atoms with Crippen molar-refractivity contribution in [3.05, 3.63) is 11.6 Å². The minimum absolute atomic E-state index is 0.00640. The molecule has 0 bridgehead atoms. The second-order valence-corrected chi connectivity index (χ2v) is 6.39. The van der Waals surface area contributed by atoms with Crippen LogP contribution in [0, 0.1) is 5.92 Å². The number of rotatable bonds is 1. The van der Waals surface area contributed by atoms with Crippen LogP contribution < -0.4 is 5.73 Å². The second-order valence-electron chi connectivity index (χ2n) is 6.39. The summed E-state index contributed by atoms with van der Waals surface area (Å²) in [6.07, 6.45) is 1.14. The highest BCUT2D eigenvalue weighted by molar-refractivity contribution is 5.11. The van der Waals surface area contributed by atoms with Crippen LogP contribution in [0.25, 0.3) is 0 Å². The van der Waals surface area contributed by atoms with Crippen molar-refractivity contribution < 1.29 is 0 Å². The van der Waals surface area contributed by atoms with Gasteiger partial charge in [-0.15, -0.1) is 0 Å². The van der Waals surface area contributed by atoms with Gasteiger partial charge in [0.05, 0.1) is 6.04 Å². The fraction of sp³-hybridized carbons (Fsp3) is 0.846. The molecule has 3 atom stereocenters. The van der Waals surface area contributed by atoms with E-state index in [1.807, 2.05) is 0 Å². The number of fused-ring (bicyclic) bond motifs is 1. The molecule has 1 aromatic heterocycles. The van der Waals surface area contributed by atoms with Crippen LogP contribution in [0.5, 0.6) is 0 Å². The molecule has 0 saturated heterocycles. The fourth-order valence-corrected chi connectivity index (χ4v) is 2.62. The molecule has 4 nitrogen and oxygen atoms in total. The Morgan fingerprint density at radius 1 is 1.35 bits per heavy atom. The second kappa shape index (κ2) is 4.09. The SMILES string of the molecule is CC1CC(C)n2nc(C(C)(C)C)nc2C1CN. The lowest BCUT2D eigenvalue weighted by Gasteiger charge is -2.31. The molecular formula is C13H24N4. The van der Waals surface area contributed by atoms with Crippen LogP contribution >= 0.6 is 0 Å². The van der Waals surface area contributed by atoms with E-state index >= 15 is 0 Å². The van der Waals surface area contributed by atoms with Crippen LogP contribution in [0.1, 0.15) is 64.6 Å². The van der Waals surface area contributed by atoms with E-state index in [-0.39, 0.29) is 5.41 Å². The highest BCUT2D eigenvalue weighted by Gasteiger charge is 2.34. The van der Waals surface area contributed by atoms with E-state index in [1.54, 1.807) is 0 Å². The molecular weight excluding hydrogens is 212 g/mol. The number of aromatic nitrogens is 3. The summed E-state index contributed by atoms with van der Waals surface area (Å²) in [7, 11) is 0. The van der Waals surface area contributed by atoms with Crippen molar-refractivity contribution in [1.82, 2.24) is 14.8 Å². The quantitative estimate of drug-likeness (QED) is 0.813. The Kier molecular flexibility index (Phi) is 3.02. The van der Waals surface area contributed by atoms with E-state index in [4.69, 9.17) is 10.7 Å². The van der Waals surface area contributed by atoms with Crippen molar-refractivity contribution in [2.75, 3.05) is 6.54 Å². The monoisotopic (exact) mass is 236 g/mol. The summed E-state index contributed by atoms with van der Waals surface area (Å²) in [6.45, 7) is 11.6. The number of hydrogen-bond acceptors (Lipinski definition) is 3. The highest BCUT2D eigenvalue weighted by atomic mass is 15.4. The summed E-state index contributed by atoms with van der Waals surface area (Å²) in [5, 5.41) is 4.69. The molecule has 4 heteroatoms. The van der Waals surface area contributed by atoms with Crippen molar-refractivity contribution in [2.45, 2.75) is 58.4 Å². The zero-order chi connectivity index (χ0) is 12.8. The van der Waals surface area contributed by atoms with Gasteiger partial charge in [-0.05, 0) is 19.3 Å². The van der Waals surface area contributed by atoms with Gasteiger partial charge >= 0.3 is 0 Å².